The molecule has 0 atom stereocenters. The van der Waals surface area contributed by atoms with Crippen molar-refractivity contribution in [3.05, 3.63) is 71.5 Å². The summed E-state index contributed by atoms with van der Waals surface area (Å²) in [6.07, 6.45) is 1.78. The molecule has 0 radical (unpaired) electrons. The molecule has 0 unspecified atom stereocenters. The molecule has 0 aliphatic rings. The Bertz CT molecular complexity index is 837. The third-order valence-electron chi connectivity index (χ3n) is 3.75. The average molecular weight is 300 g/mol. The lowest BCUT2D eigenvalue weighted by Crippen LogP contribution is -1.90. The van der Waals surface area contributed by atoms with Crippen LogP contribution in [0.3, 0.4) is 0 Å². The maximum Gasteiger partial charge on any atom is 0.133 e. The van der Waals surface area contributed by atoms with Gasteiger partial charge in [-0.3, -0.25) is 0 Å². The van der Waals surface area contributed by atoms with E-state index in [4.69, 9.17) is 0 Å². The Morgan fingerprint density at radius 1 is 0.818 bits per heavy atom. The van der Waals surface area contributed by atoms with E-state index in [1.807, 2.05) is 13.0 Å². The van der Waals surface area contributed by atoms with E-state index in [-0.39, 0.29) is 5.82 Å². The summed E-state index contributed by atoms with van der Waals surface area (Å²) < 4.78 is 41.3. The number of aryl methyl sites for hydroxylation is 1. The smallest absolute Gasteiger partial charge is 0.133 e. The second-order valence-electron chi connectivity index (χ2n) is 5.39. The van der Waals surface area contributed by atoms with E-state index in [9.17, 15) is 13.2 Å². The van der Waals surface area contributed by atoms with Crippen molar-refractivity contribution in [3.63, 3.8) is 0 Å². The summed E-state index contributed by atoms with van der Waals surface area (Å²) in [7, 11) is 0. The molecule has 3 aromatic rings. The fraction of sp³-hybridized carbons (Fsp3) is 0.158. The van der Waals surface area contributed by atoms with Crippen molar-refractivity contribution in [3.8, 4) is 11.1 Å². The second kappa shape index (κ2) is 5.84. The Labute approximate surface area is 127 Å². The van der Waals surface area contributed by atoms with Gasteiger partial charge in [-0.1, -0.05) is 37.6 Å². The first kappa shape index (κ1) is 14.6. The van der Waals surface area contributed by atoms with Crippen molar-refractivity contribution in [2.45, 2.75) is 19.8 Å². The fourth-order valence-electron chi connectivity index (χ4n) is 2.69. The van der Waals surface area contributed by atoms with Crippen LogP contribution >= 0.6 is 0 Å². The van der Waals surface area contributed by atoms with E-state index in [2.05, 4.69) is 0 Å². The monoisotopic (exact) mass is 300 g/mol. The molecular weight excluding hydrogens is 285 g/mol. The van der Waals surface area contributed by atoms with Crippen molar-refractivity contribution in [2.24, 2.45) is 0 Å². The highest BCUT2D eigenvalue weighted by atomic mass is 19.1. The van der Waals surface area contributed by atoms with Crippen LogP contribution in [0.2, 0.25) is 0 Å². The molecule has 0 heterocycles. The van der Waals surface area contributed by atoms with Crippen LogP contribution in [-0.2, 0) is 6.42 Å². The fourth-order valence-corrected chi connectivity index (χ4v) is 2.69. The van der Waals surface area contributed by atoms with Crippen LogP contribution < -0.4 is 0 Å². The van der Waals surface area contributed by atoms with Gasteiger partial charge in [0.15, 0.2) is 0 Å². The number of fused-ring (bicyclic) bond motifs is 1. The largest absolute Gasteiger partial charge is 0.207 e. The molecule has 22 heavy (non-hydrogen) atoms. The molecule has 0 saturated carbocycles. The molecule has 0 fully saturated rings. The highest BCUT2D eigenvalue weighted by Crippen LogP contribution is 2.29. The van der Waals surface area contributed by atoms with Crippen LogP contribution in [0.4, 0.5) is 13.2 Å². The summed E-state index contributed by atoms with van der Waals surface area (Å²) in [5.74, 6) is -1.57. The summed E-state index contributed by atoms with van der Waals surface area (Å²) in [5, 5.41) is 0.750. The van der Waals surface area contributed by atoms with Crippen LogP contribution in [0.1, 0.15) is 18.9 Å². The quantitative estimate of drug-likeness (QED) is 0.567. The highest BCUT2D eigenvalue weighted by Gasteiger charge is 2.09. The van der Waals surface area contributed by atoms with Gasteiger partial charge in [-0.25, -0.2) is 13.2 Å². The van der Waals surface area contributed by atoms with Crippen LogP contribution in [0.25, 0.3) is 21.9 Å². The van der Waals surface area contributed by atoms with E-state index in [0.717, 1.165) is 24.5 Å². The summed E-state index contributed by atoms with van der Waals surface area (Å²) >= 11 is 0. The van der Waals surface area contributed by atoms with Crippen LogP contribution in [0.5, 0.6) is 0 Å². The third kappa shape index (κ3) is 2.71. The Hall–Kier alpha value is -2.29. The molecule has 0 bridgehead atoms. The number of rotatable bonds is 3. The van der Waals surface area contributed by atoms with Crippen molar-refractivity contribution in [1.82, 2.24) is 0 Å². The topological polar surface area (TPSA) is 0 Å². The minimum atomic E-state index is -0.638. The normalized spacial score (nSPS) is 11.1. The lowest BCUT2D eigenvalue weighted by atomic mass is 9.98. The van der Waals surface area contributed by atoms with Crippen molar-refractivity contribution in [2.75, 3.05) is 0 Å². The van der Waals surface area contributed by atoms with Crippen molar-refractivity contribution >= 4 is 10.8 Å². The van der Waals surface area contributed by atoms with Crippen LogP contribution in [0, 0.1) is 17.5 Å². The first-order valence-corrected chi connectivity index (χ1v) is 7.26. The minimum absolute atomic E-state index is 0.317. The molecule has 0 N–H and O–H groups in total. The van der Waals surface area contributed by atoms with Gasteiger partial charge < -0.3 is 0 Å². The first-order chi connectivity index (χ1) is 10.6. The van der Waals surface area contributed by atoms with E-state index in [1.54, 1.807) is 24.3 Å². The zero-order valence-corrected chi connectivity index (χ0v) is 12.2. The Morgan fingerprint density at radius 3 is 2.36 bits per heavy atom. The summed E-state index contributed by atoms with van der Waals surface area (Å²) in [6.45, 7) is 2.04. The van der Waals surface area contributed by atoms with E-state index in [0.29, 0.717) is 21.9 Å². The van der Waals surface area contributed by atoms with Crippen molar-refractivity contribution < 1.29 is 13.2 Å². The lowest BCUT2D eigenvalue weighted by Gasteiger charge is -2.08. The number of hydrogen-bond acceptors (Lipinski definition) is 0. The molecule has 0 amide bonds. The van der Waals surface area contributed by atoms with Crippen LogP contribution in [0.15, 0.2) is 48.5 Å². The van der Waals surface area contributed by atoms with Gasteiger partial charge in [-0.15, -0.1) is 0 Å². The number of benzene rings is 3. The third-order valence-corrected chi connectivity index (χ3v) is 3.75. The molecule has 3 heteroatoms. The average Bonchev–Trinajstić information content (AvgIpc) is 2.47. The van der Waals surface area contributed by atoms with Gasteiger partial charge in [0.1, 0.15) is 17.5 Å². The molecule has 0 nitrogen and oxygen atoms in total. The molecule has 0 spiro atoms. The van der Waals surface area contributed by atoms with Gasteiger partial charge in [-0.05, 0) is 41.1 Å². The van der Waals surface area contributed by atoms with Gasteiger partial charge >= 0.3 is 0 Å². The zero-order chi connectivity index (χ0) is 15.7. The molecular formula is C19H15F3. The molecule has 112 valence electrons. The standard InChI is InChI=1S/C19H15F3/c1-2-3-12-4-6-16(18(21)8-12)13-5-7-17-14(9-13)10-15(20)11-19(17)22/h4-11H,2-3H2,1H3. The van der Waals surface area contributed by atoms with E-state index >= 15 is 0 Å². The van der Waals surface area contributed by atoms with Crippen molar-refractivity contribution in [1.29, 1.82) is 0 Å². The maximum absolute atomic E-state index is 14.3. The minimum Gasteiger partial charge on any atom is -0.207 e. The SMILES string of the molecule is CCCc1ccc(-c2ccc3c(F)cc(F)cc3c2)c(F)c1. The molecule has 0 aliphatic heterocycles. The summed E-state index contributed by atoms with van der Waals surface area (Å²) in [5.41, 5.74) is 1.99. The molecule has 0 aliphatic carbocycles. The number of halogens is 3. The maximum atomic E-state index is 14.3. The Morgan fingerprint density at radius 2 is 1.64 bits per heavy atom. The van der Waals surface area contributed by atoms with Gasteiger partial charge in [0.2, 0.25) is 0 Å². The lowest BCUT2D eigenvalue weighted by molar-refractivity contribution is 0.592. The Balaban J connectivity index is 2.10. The first-order valence-electron chi connectivity index (χ1n) is 7.26. The predicted molar refractivity (Wildman–Crippen MR) is 83.3 cm³/mol. The predicted octanol–water partition coefficient (Wildman–Crippen LogP) is 5.88. The molecule has 3 rings (SSSR count). The second-order valence-corrected chi connectivity index (χ2v) is 5.39. The Kier molecular flexibility index (Phi) is 3.88. The highest BCUT2D eigenvalue weighted by molar-refractivity contribution is 5.88. The summed E-state index contributed by atoms with van der Waals surface area (Å²) in [6, 6.07) is 12.1. The van der Waals surface area contributed by atoms with E-state index < -0.39 is 11.6 Å². The van der Waals surface area contributed by atoms with Gasteiger partial charge in [-0.2, -0.15) is 0 Å². The van der Waals surface area contributed by atoms with Gasteiger partial charge in [0.25, 0.3) is 0 Å². The van der Waals surface area contributed by atoms with Gasteiger partial charge in [0.05, 0.1) is 0 Å². The molecule has 0 aromatic heterocycles. The summed E-state index contributed by atoms with van der Waals surface area (Å²) in [4.78, 5) is 0. The zero-order valence-electron chi connectivity index (χ0n) is 12.2. The molecule has 3 aromatic carbocycles. The van der Waals surface area contributed by atoms with Crippen LogP contribution in [-0.4, -0.2) is 0 Å². The van der Waals surface area contributed by atoms with Gasteiger partial charge in [0, 0.05) is 17.0 Å². The molecule has 0 saturated heterocycles. The number of hydrogen-bond donors (Lipinski definition) is 0. The van der Waals surface area contributed by atoms with E-state index in [1.165, 1.54) is 12.1 Å².